The minimum absolute atomic E-state index is 0.162. The Morgan fingerprint density at radius 2 is 1.30 bits per heavy atom. The first-order valence-electron chi connectivity index (χ1n) is 13.7. The molecule has 6 rings (SSSR count). The molecule has 0 radical (unpaired) electrons. The molecule has 2 aliphatic carbocycles. The van der Waals surface area contributed by atoms with Gasteiger partial charge in [-0.3, -0.25) is 4.79 Å². The number of anilines is 1. The molecule has 1 saturated heterocycles. The summed E-state index contributed by atoms with van der Waals surface area (Å²) in [7, 11) is 0. The van der Waals surface area contributed by atoms with Crippen LogP contribution in [0.25, 0.3) is 0 Å². The van der Waals surface area contributed by atoms with E-state index in [0.717, 1.165) is 49.3 Å². The number of hydrogen-bond acceptors (Lipinski definition) is 6. The fraction of sp³-hybridized carbons (Fsp3) is 0.467. The molecule has 0 saturated carbocycles. The largest absolute Gasteiger partial charge is 0.420 e. The van der Waals surface area contributed by atoms with E-state index in [1.807, 2.05) is 35.2 Å². The highest BCUT2D eigenvalue weighted by Crippen LogP contribution is 2.34. The highest BCUT2D eigenvalue weighted by atomic mass is 32.1. The first kappa shape index (κ1) is 24.7. The maximum Gasteiger partial charge on any atom is 0.353 e. The van der Waals surface area contributed by atoms with Crippen molar-refractivity contribution in [2.75, 3.05) is 31.1 Å². The fourth-order valence-electron chi connectivity index (χ4n) is 5.80. The number of hydrogen-bond donors (Lipinski definition) is 0. The van der Waals surface area contributed by atoms with Crippen molar-refractivity contribution < 1.29 is 14.3 Å². The molecule has 37 heavy (non-hydrogen) atoms. The first-order valence-corrected chi connectivity index (χ1v) is 15.4. The first-order chi connectivity index (χ1) is 18.2. The Labute approximate surface area is 227 Å². The molecule has 3 aromatic rings. The minimum atomic E-state index is -0.267. The Morgan fingerprint density at radius 1 is 0.703 bits per heavy atom. The molecule has 1 aromatic carbocycles. The zero-order valence-corrected chi connectivity index (χ0v) is 22.9. The van der Waals surface area contributed by atoms with Gasteiger partial charge in [0.15, 0.2) is 5.75 Å². The van der Waals surface area contributed by atoms with Crippen LogP contribution in [0.15, 0.2) is 36.4 Å². The van der Waals surface area contributed by atoms with E-state index in [1.165, 1.54) is 59.4 Å². The number of carbonyl (C=O) groups excluding carboxylic acids is 2. The van der Waals surface area contributed by atoms with Gasteiger partial charge in [0.25, 0.3) is 5.91 Å². The van der Waals surface area contributed by atoms with Crippen LogP contribution in [0.5, 0.6) is 5.75 Å². The van der Waals surface area contributed by atoms with Gasteiger partial charge in [0, 0.05) is 35.9 Å². The average Bonchev–Trinajstić information content (AvgIpc) is 3.37. The molecular formula is C30H34N2O3S2. The smallest absolute Gasteiger partial charge is 0.353 e. The predicted molar refractivity (Wildman–Crippen MR) is 151 cm³/mol. The number of piperazine rings is 1. The third-order valence-corrected chi connectivity index (χ3v) is 10.3. The molecule has 5 nitrogen and oxygen atoms in total. The normalized spacial score (nSPS) is 17.9. The summed E-state index contributed by atoms with van der Waals surface area (Å²) in [4.78, 5) is 34.9. The Balaban J connectivity index is 1.11. The monoisotopic (exact) mass is 534 g/mol. The van der Waals surface area contributed by atoms with Crippen molar-refractivity contribution in [3.05, 3.63) is 67.0 Å². The zero-order valence-electron chi connectivity index (χ0n) is 21.3. The summed E-state index contributed by atoms with van der Waals surface area (Å²) in [6, 6.07) is 12.0. The van der Waals surface area contributed by atoms with Crippen molar-refractivity contribution in [2.45, 2.75) is 64.2 Å². The minimum Gasteiger partial charge on any atom is -0.420 e. The van der Waals surface area contributed by atoms with E-state index in [0.29, 0.717) is 23.7 Å². The lowest BCUT2D eigenvalue weighted by Gasteiger charge is -2.36. The van der Waals surface area contributed by atoms with Gasteiger partial charge >= 0.3 is 5.97 Å². The summed E-state index contributed by atoms with van der Waals surface area (Å²) >= 11 is 3.30. The second kappa shape index (κ2) is 11.0. The maximum absolute atomic E-state index is 13.3. The molecule has 0 unspecified atom stereocenters. The van der Waals surface area contributed by atoms with E-state index in [9.17, 15) is 9.59 Å². The van der Waals surface area contributed by atoms with Crippen molar-refractivity contribution in [2.24, 2.45) is 0 Å². The molecule has 1 fully saturated rings. The van der Waals surface area contributed by atoms with Crippen LogP contribution in [0.1, 0.15) is 78.7 Å². The lowest BCUT2D eigenvalue weighted by Crippen LogP contribution is -2.48. The Morgan fingerprint density at radius 3 is 2.00 bits per heavy atom. The standard InChI is InChI=1S/C30H34N2O3S2/c33-29(27-19-21-9-3-1-5-13-25(21)36-27)32-17-15-31(16-18-32)23-11-7-8-12-24(23)35-30(34)28-20-22-10-4-2-6-14-26(22)37-28/h7-8,11-12,19-20H,1-6,9-10,13-18H2. The summed E-state index contributed by atoms with van der Waals surface area (Å²) in [5.41, 5.74) is 3.64. The second-order valence-corrected chi connectivity index (χ2v) is 12.6. The molecular weight excluding hydrogens is 500 g/mol. The molecule has 1 amide bonds. The lowest BCUT2D eigenvalue weighted by molar-refractivity contribution is 0.0740. The van der Waals surface area contributed by atoms with E-state index < -0.39 is 0 Å². The van der Waals surface area contributed by atoms with Crippen LogP contribution < -0.4 is 9.64 Å². The summed E-state index contributed by atoms with van der Waals surface area (Å²) in [5.74, 6) is 0.490. The fourth-order valence-corrected chi connectivity index (χ4v) is 8.15. The summed E-state index contributed by atoms with van der Waals surface area (Å²) in [6.07, 6.45) is 11.8. The number of para-hydroxylation sites is 2. The number of carbonyl (C=O) groups is 2. The van der Waals surface area contributed by atoms with Crippen LogP contribution in [-0.4, -0.2) is 43.0 Å². The Bertz CT molecular complexity index is 1240. The average molecular weight is 535 g/mol. The molecule has 7 heteroatoms. The third kappa shape index (κ3) is 5.34. The van der Waals surface area contributed by atoms with E-state index in [4.69, 9.17) is 4.74 Å². The molecule has 3 heterocycles. The highest BCUT2D eigenvalue weighted by molar-refractivity contribution is 7.14. The van der Waals surface area contributed by atoms with Crippen LogP contribution in [-0.2, 0) is 25.7 Å². The number of amides is 1. The van der Waals surface area contributed by atoms with Gasteiger partial charge in [-0.15, -0.1) is 22.7 Å². The van der Waals surface area contributed by atoms with Crippen molar-refractivity contribution in [3.8, 4) is 5.75 Å². The molecule has 3 aliphatic rings. The van der Waals surface area contributed by atoms with Crippen LogP contribution >= 0.6 is 22.7 Å². The number of esters is 1. The van der Waals surface area contributed by atoms with Gasteiger partial charge in [0.1, 0.15) is 4.88 Å². The van der Waals surface area contributed by atoms with Crippen LogP contribution in [0.2, 0.25) is 0 Å². The summed E-state index contributed by atoms with van der Waals surface area (Å²) < 4.78 is 5.95. The summed E-state index contributed by atoms with van der Waals surface area (Å²) in [5, 5.41) is 0. The number of aryl methyl sites for hydroxylation is 4. The molecule has 2 aromatic heterocycles. The molecule has 0 spiro atoms. The van der Waals surface area contributed by atoms with Gasteiger partial charge in [-0.1, -0.05) is 25.0 Å². The zero-order chi connectivity index (χ0) is 25.2. The SMILES string of the molecule is O=C(Oc1ccccc1N1CCN(C(=O)c2cc3c(s2)CCCCC3)CC1)c1cc2c(s1)CCCCC2. The number of ether oxygens (including phenoxy) is 1. The number of rotatable bonds is 4. The van der Waals surface area contributed by atoms with E-state index in [1.54, 1.807) is 22.7 Å². The van der Waals surface area contributed by atoms with Gasteiger partial charge in [-0.25, -0.2) is 4.79 Å². The van der Waals surface area contributed by atoms with Gasteiger partial charge in [0.05, 0.1) is 10.6 Å². The predicted octanol–water partition coefficient (Wildman–Crippen LogP) is 6.53. The molecule has 0 atom stereocenters. The lowest BCUT2D eigenvalue weighted by atomic mass is 10.1. The van der Waals surface area contributed by atoms with Crippen LogP contribution in [0.3, 0.4) is 0 Å². The highest BCUT2D eigenvalue weighted by Gasteiger charge is 2.27. The quantitative estimate of drug-likeness (QED) is 0.217. The second-order valence-electron chi connectivity index (χ2n) is 10.4. The molecule has 194 valence electrons. The summed E-state index contributed by atoms with van der Waals surface area (Å²) in [6.45, 7) is 2.78. The third-order valence-electron chi connectivity index (χ3n) is 7.88. The Hall–Kier alpha value is -2.64. The number of fused-ring (bicyclic) bond motifs is 2. The van der Waals surface area contributed by atoms with E-state index in [2.05, 4.69) is 11.0 Å². The molecule has 0 bridgehead atoms. The van der Waals surface area contributed by atoms with Crippen LogP contribution in [0, 0.1) is 0 Å². The van der Waals surface area contributed by atoms with Crippen molar-refractivity contribution in [1.82, 2.24) is 4.90 Å². The van der Waals surface area contributed by atoms with Gasteiger partial charge in [0.2, 0.25) is 0 Å². The van der Waals surface area contributed by atoms with E-state index in [-0.39, 0.29) is 11.9 Å². The number of nitrogens with zero attached hydrogens (tertiary/aromatic N) is 2. The van der Waals surface area contributed by atoms with E-state index >= 15 is 0 Å². The van der Waals surface area contributed by atoms with Gasteiger partial charge in [-0.05, 0) is 86.8 Å². The van der Waals surface area contributed by atoms with Gasteiger partial charge in [-0.2, -0.15) is 0 Å². The van der Waals surface area contributed by atoms with Crippen LogP contribution in [0.4, 0.5) is 5.69 Å². The van der Waals surface area contributed by atoms with Crippen molar-refractivity contribution in [1.29, 1.82) is 0 Å². The number of thiophene rings is 2. The molecule has 1 aliphatic heterocycles. The number of benzene rings is 1. The van der Waals surface area contributed by atoms with Crippen molar-refractivity contribution in [3.63, 3.8) is 0 Å². The molecule has 0 N–H and O–H groups in total. The Kier molecular flexibility index (Phi) is 7.34. The van der Waals surface area contributed by atoms with Crippen molar-refractivity contribution >= 4 is 40.2 Å². The topological polar surface area (TPSA) is 49.9 Å². The maximum atomic E-state index is 13.3. The van der Waals surface area contributed by atoms with Gasteiger partial charge < -0.3 is 14.5 Å².